The smallest absolute Gasteiger partial charge is 0.322 e. The summed E-state index contributed by atoms with van der Waals surface area (Å²) in [7, 11) is 1.59. The number of carbonyl (C=O) groups excluding carboxylic acids is 1. The summed E-state index contributed by atoms with van der Waals surface area (Å²) in [5.41, 5.74) is 3.25. The highest BCUT2D eigenvalue weighted by atomic mass is 19.1. The maximum atomic E-state index is 14.4. The average molecular weight is 471 g/mol. The Morgan fingerprint density at radius 3 is 2.60 bits per heavy atom. The highest BCUT2D eigenvalue weighted by molar-refractivity contribution is 5.86. The highest BCUT2D eigenvalue weighted by Gasteiger charge is 2.36. The summed E-state index contributed by atoms with van der Waals surface area (Å²) in [6.45, 7) is 1.87. The third kappa shape index (κ3) is 4.38. The fourth-order valence-corrected chi connectivity index (χ4v) is 4.15. The minimum atomic E-state index is -0.515. The number of carbonyl (C=O) groups is 1. The Balaban J connectivity index is 1.60. The van der Waals surface area contributed by atoms with Crippen LogP contribution in [0.2, 0.25) is 0 Å². The van der Waals surface area contributed by atoms with Crippen molar-refractivity contribution in [2.45, 2.75) is 19.5 Å². The summed E-state index contributed by atoms with van der Waals surface area (Å²) in [5.74, 6) is 0.960. The summed E-state index contributed by atoms with van der Waals surface area (Å²) in [6, 6.07) is 22.4. The van der Waals surface area contributed by atoms with E-state index in [1.807, 2.05) is 54.6 Å². The van der Waals surface area contributed by atoms with Crippen molar-refractivity contribution in [2.24, 2.45) is 0 Å². The number of rotatable bonds is 6. The Kier molecular flexibility index (Phi) is 6.01. The normalized spacial score (nSPS) is 15.8. The Labute approximate surface area is 201 Å². The topological polar surface area (TPSA) is 80.5 Å². The van der Waals surface area contributed by atoms with Gasteiger partial charge in [-0.3, -0.25) is 4.90 Å². The Bertz CT molecular complexity index is 1400. The van der Waals surface area contributed by atoms with Crippen LogP contribution in [-0.4, -0.2) is 28.2 Å². The molecule has 176 valence electrons. The van der Waals surface area contributed by atoms with Gasteiger partial charge in [-0.15, -0.1) is 0 Å². The molecule has 7 nitrogen and oxygen atoms in total. The fraction of sp³-hybridized carbons (Fsp3) is 0.148. The molecule has 1 N–H and O–H groups in total. The van der Waals surface area contributed by atoms with Crippen molar-refractivity contribution >= 4 is 11.6 Å². The first-order valence-corrected chi connectivity index (χ1v) is 11.1. The standard InChI is InChI=1S/C27H23FN4O3/c1-17-23(26-30-25(31-35-26)19-12-8-13-21(15-19)34-2)24(18-9-4-3-5-10-18)29-27(33)32(17)16-20-11-6-7-14-22(20)28/h3-15,24H,16H2,1-2H3,(H,29,33). The van der Waals surface area contributed by atoms with E-state index in [1.165, 1.54) is 11.0 Å². The van der Waals surface area contributed by atoms with Crippen LogP contribution in [0.1, 0.15) is 30.0 Å². The van der Waals surface area contributed by atoms with Gasteiger partial charge in [0.15, 0.2) is 0 Å². The predicted octanol–water partition coefficient (Wildman–Crippen LogP) is 5.58. The van der Waals surface area contributed by atoms with E-state index < -0.39 is 6.04 Å². The molecule has 4 aromatic rings. The minimum Gasteiger partial charge on any atom is -0.497 e. The molecule has 1 aliphatic heterocycles. The van der Waals surface area contributed by atoms with E-state index in [9.17, 15) is 9.18 Å². The predicted molar refractivity (Wildman–Crippen MR) is 129 cm³/mol. The fourth-order valence-electron chi connectivity index (χ4n) is 4.15. The molecule has 1 unspecified atom stereocenters. The van der Waals surface area contributed by atoms with Crippen LogP contribution in [0, 0.1) is 5.82 Å². The highest BCUT2D eigenvalue weighted by Crippen LogP contribution is 2.38. The van der Waals surface area contributed by atoms with Crippen LogP contribution in [0.25, 0.3) is 17.0 Å². The van der Waals surface area contributed by atoms with Crippen LogP contribution in [0.4, 0.5) is 9.18 Å². The zero-order valence-corrected chi connectivity index (χ0v) is 19.2. The molecular formula is C27H23FN4O3. The minimum absolute atomic E-state index is 0.0617. The number of halogens is 1. The zero-order chi connectivity index (χ0) is 24.4. The molecular weight excluding hydrogens is 447 g/mol. The van der Waals surface area contributed by atoms with E-state index in [0.29, 0.717) is 28.4 Å². The molecule has 0 saturated carbocycles. The molecule has 1 aliphatic rings. The molecule has 1 atom stereocenters. The van der Waals surface area contributed by atoms with Crippen molar-refractivity contribution in [3.05, 3.63) is 107 Å². The molecule has 3 aromatic carbocycles. The van der Waals surface area contributed by atoms with E-state index in [0.717, 1.165) is 11.1 Å². The van der Waals surface area contributed by atoms with E-state index in [1.54, 1.807) is 32.2 Å². The maximum absolute atomic E-state index is 14.4. The maximum Gasteiger partial charge on any atom is 0.322 e. The lowest BCUT2D eigenvalue weighted by atomic mass is 9.94. The van der Waals surface area contributed by atoms with Crippen LogP contribution in [0.15, 0.2) is 89.1 Å². The Hall–Kier alpha value is -4.46. The summed E-state index contributed by atoms with van der Waals surface area (Å²) in [6.07, 6.45) is 0. The van der Waals surface area contributed by atoms with Gasteiger partial charge < -0.3 is 14.6 Å². The van der Waals surface area contributed by atoms with Crippen molar-refractivity contribution in [3.8, 4) is 17.1 Å². The molecule has 2 amide bonds. The van der Waals surface area contributed by atoms with E-state index in [2.05, 4.69) is 15.5 Å². The first-order chi connectivity index (χ1) is 17.0. The van der Waals surface area contributed by atoms with Crippen molar-refractivity contribution in [3.63, 3.8) is 0 Å². The first-order valence-electron chi connectivity index (χ1n) is 11.1. The van der Waals surface area contributed by atoms with Gasteiger partial charge in [0, 0.05) is 16.8 Å². The summed E-state index contributed by atoms with van der Waals surface area (Å²) >= 11 is 0. The van der Waals surface area contributed by atoms with E-state index >= 15 is 0 Å². The number of hydrogen-bond donors (Lipinski definition) is 1. The summed E-state index contributed by atoms with van der Waals surface area (Å²) in [5, 5.41) is 7.20. The van der Waals surface area contributed by atoms with Crippen LogP contribution < -0.4 is 10.1 Å². The number of ether oxygens (including phenoxy) is 1. The first kappa shape index (κ1) is 22.3. The number of methoxy groups -OCH3 is 1. The number of amides is 2. The van der Waals surface area contributed by atoms with Crippen LogP contribution in [0.5, 0.6) is 5.75 Å². The van der Waals surface area contributed by atoms with Gasteiger partial charge in [-0.05, 0) is 30.7 Å². The van der Waals surface area contributed by atoms with Crippen LogP contribution >= 0.6 is 0 Å². The van der Waals surface area contributed by atoms with Gasteiger partial charge in [-0.1, -0.05) is 65.8 Å². The number of allylic oxidation sites excluding steroid dienone is 1. The quantitative estimate of drug-likeness (QED) is 0.398. The average Bonchev–Trinajstić information content (AvgIpc) is 3.37. The second kappa shape index (κ2) is 9.42. The second-order valence-corrected chi connectivity index (χ2v) is 8.12. The molecule has 0 bridgehead atoms. The summed E-state index contributed by atoms with van der Waals surface area (Å²) in [4.78, 5) is 19.3. The van der Waals surface area contributed by atoms with Gasteiger partial charge in [0.05, 0.1) is 25.3 Å². The lowest BCUT2D eigenvalue weighted by molar-refractivity contribution is 0.202. The largest absolute Gasteiger partial charge is 0.497 e. The molecule has 5 rings (SSSR count). The molecule has 0 radical (unpaired) electrons. The molecule has 1 aromatic heterocycles. The Morgan fingerprint density at radius 1 is 1.06 bits per heavy atom. The van der Waals surface area contributed by atoms with E-state index in [-0.39, 0.29) is 24.3 Å². The molecule has 0 spiro atoms. The molecule has 0 fully saturated rings. The van der Waals surface area contributed by atoms with Crippen molar-refractivity contribution < 1.29 is 18.4 Å². The number of benzene rings is 3. The van der Waals surface area contributed by atoms with Crippen LogP contribution in [-0.2, 0) is 6.54 Å². The summed E-state index contributed by atoms with van der Waals surface area (Å²) < 4.78 is 25.4. The number of aromatic nitrogens is 2. The second-order valence-electron chi connectivity index (χ2n) is 8.12. The number of nitrogens with one attached hydrogen (secondary N) is 1. The van der Waals surface area contributed by atoms with Crippen molar-refractivity contribution in [1.29, 1.82) is 0 Å². The van der Waals surface area contributed by atoms with Gasteiger partial charge in [0.1, 0.15) is 11.6 Å². The number of hydrogen-bond acceptors (Lipinski definition) is 5. The van der Waals surface area contributed by atoms with E-state index in [4.69, 9.17) is 9.26 Å². The number of nitrogens with zero attached hydrogens (tertiary/aromatic N) is 3. The monoisotopic (exact) mass is 470 g/mol. The SMILES string of the molecule is COc1cccc(-c2noc(C3=C(C)N(Cc4ccccc4F)C(=O)NC3c3ccccc3)n2)c1. The van der Waals surface area contributed by atoms with Crippen molar-refractivity contribution in [1.82, 2.24) is 20.4 Å². The Morgan fingerprint density at radius 2 is 1.83 bits per heavy atom. The third-order valence-electron chi connectivity index (χ3n) is 6.00. The van der Waals surface area contributed by atoms with Crippen molar-refractivity contribution in [2.75, 3.05) is 7.11 Å². The molecule has 35 heavy (non-hydrogen) atoms. The van der Waals surface area contributed by atoms with Crippen LogP contribution in [0.3, 0.4) is 0 Å². The number of urea groups is 1. The van der Waals surface area contributed by atoms with Gasteiger partial charge in [-0.2, -0.15) is 4.98 Å². The zero-order valence-electron chi connectivity index (χ0n) is 19.2. The molecule has 2 heterocycles. The van der Waals surface area contributed by atoms with Gasteiger partial charge >= 0.3 is 6.03 Å². The molecule has 8 heteroatoms. The lowest BCUT2D eigenvalue weighted by Crippen LogP contribution is -2.45. The van der Waals surface area contributed by atoms with Gasteiger partial charge in [-0.25, -0.2) is 9.18 Å². The lowest BCUT2D eigenvalue weighted by Gasteiger charge is -2.35. The van der Waals surface area contributed by atoms with Gasteiger partial charge in [0.25, 0.3) is 5.89 Å². The third-order valence-corrected chi connectivity index (χ3v) is 6.00. The molecule has 0 aliphatic carbocycles. The molecule has 0 saturated heterocycles. The van der Waals surface area contributed by atoms with Gasteiger partial charge in [0.2, 0.25) is 5.82 Å².